The fourth-order valence-corrected chi connectivity index (χ4v) is 3.50. The van der Waals surface area contributed by atoms with Gasteiger partial charge in [-0.2, -0.15) is 0 Å². The van der Waals surface area contributed by atoms with E-state index in [1.54, 1.807) is 0 Å². The molecule has 1 aliphatic carbocycles. The molecule has 0 fully saturated rings. The smallest absolute Gasteiger partial charge is 0.0223 e. The van der Waals surface area contributed by atoms with Crippen molar-refractivity contribution in [1.29, 1.82) is 0 Å². The second-order valence-electron chi connectivity index (χ2n) is 6.32. The second kappa shape index (κ2) is 3.15. The first-order valence-corrected chi connectivity index (χ1v) is 5.42. The first kappa shape index (κ1) is 10.8. The molecule has 76 valence electrons. The molecule has 0 aromatic rings. The summed E-state index contributed by atoms with van der Waals surface area (Å²) in [7, 11) is 0. The molecule has 1 aliphatic rings. The Kier molecular flexibility index (Phi) is 2.62. The maximum absolute atomic E-state index is 2.41. The minimum atomic E-state index is 0.424. The average Bonchev–Trinajstić information content (AvgIpc) is 1.79. The Morgan fingerprint density at radius 1 is 1.23 bits per heavy atom. The predicted molar refractivity (Wildman–Crippen MR) is 59.6 cm³/mol. The van der Waals surface area contributed by atoms with Gasteiger partial charge in [0.1, 0.15) is 0 Å². The van der Waals surface area contributed by atoms with Crippen molar-refractivity contribution < 1.29 is 0 Å². The van der Waals surface area contributed by atoms with Crippen LogP contribution in [0.25, 0.3) is 0 Å². The Labute approximate surface area is 83.4 Å². The molecule has 0 heterocycles. The van der Waals surface area contributed by atoms with Gasteiger partial charge in [-0.05, 0) is 29.1 Å². The van der Waals surface area contributed by atoms with Gasteiger partial charge in [-0.15, -0.1) is 0 Å². The van der Waals surface area contributed by atoms with Gasteiger partial charge < -0.3 is 0 Å². The van der Waals surface area contributed by atoms with Crippen LogP contribution >= 0.6 is 0 Å². The van der Waals surface area contributed by atoms with E-state index in [-0.39, 0.29) is 0 Å². The average molecular weight is 180 g/mol. The van der Waals surface area contributed by atoms with Crippen LogP contribution in [0.15, 0.2) is 12.2 Å². The molecule has 13 heavy (non-hydrogen) atoms. The summed E-state index contributed by atoms with van der Waals surface area (Å²) in [5.41, 5.74) is 0.889. The van der Waals surface area contributed by atoms with Gasteiger partial charge in [-0.1, -0.05) is 53.7 Å². The number of hydrogen-bond donors (Lipinski definition) is 0. The van der Waals surface area contributed by atoms with Crippen LogP contribution in [-0.2, 0) is 0 Å². The predicted octanol–water partition coefficient (Wildman–Crippen LogP) is 4.27. The fourth-order valence-electron chi connectivity index (χ4n) is 3.50. The highest BCUT2D eigenvalue weighted by molar-refractivity contribution is 5.05. The van der Waals surface area contributed by atoms with E-state index in [0.29, 0.717) is 10.8 Å². The van der Waals surface area contributed by atoms with Crippen LogP contribution in [-0.4, -0.2) is 0 Å². The van der Waals surface area contributed by atoms with E-state index in [2.05, 4.69) is 53.7 Å². The molecule has 0 heteroatoms. The fraction of sp³-hybridized carbons (Fsp3) is 0.846. The maximum atomic E-state index is 2.41. The molecular weight excluding hydrogens is 156 g/mol. The van der Waals surface area contributed by atoms with Crippen molar-refractivity contribution in [3.05, 3.63) is 12.2 Å². The van der Waals surface area contributed by atoms with E-state index < -0.39 is 0 Å². The summed E-state index contributed by atoms with van der Waals surface area (Å²) < 4.78 is 0. The Bertz CT molecular complexity index is 203. The zero-order chi connectivity index (χ0) is 10.3. The van der Waals surface area contributed by atoms with Crippen molar-refractivity contribution in [2.24, 2.45) is 22.7 Å². The van der Waals surface area contributed by atoms with Gasteiger partial charge in [-0.3, -0.25) is 0 Å². The lowest BCUT2D eigenvalue weighted by molar-refractivity contribution is 0.0478. The van der Waals surface area contributed by atoms with Crippen molar-refractivity contribution >= 4 is 0 Å². The number of allylic oxidation sites excluding steroid dienone is 2. The molecule has 0 saturated carbocycles. The first-order valence-electron chi connectivity index (χ1n) is 5.42. The van der Waals surface area contributed by atoms with Crippen LogP contribution in [0, 0.1) is 22.7 Å². The molecule has 0 nitrogen and oxygen atoms in total. The minimum Gasteiger partial charge on any atom is -0.0877 e. The molecule has 0 amide bonds. The number of rotatable bonds is 0. The maximum Gasteiger partial charge on any atom is -0.0223 e. The third-order valence-electron chi connectivity index (χ3n) is 3.38. The van der Waals surface area contributed by atoms with Gasteiger partial charge in [0.25, 0.3) is 0 Å². The summed E-state index contributed by atoms with van der Waals surface area (Å²) in [6.45, 7) is 14.3. The number of hydrogen-bond acceptors (Lipinski definition) is 0. The molecule has 2 atom stereocenters. The molecule has 1 rings (SSSR count). The molecular formula is C13H24. The van der Waals surface area contributed by atoms with Crippen molar-refractivity contribution in [3.8, 4) is 0 Å². The molecule has 0 spiro atoms. The summed E-state index contributed by atoms with van der Waals surface area (Å²) in [4.78, 5) is 0. The second-order valence-corrected chi connectivity index (χ2v) is 6.32. The molecule has 0 bridgehead atoms. The molecule has 0 aromatic heterocycles. The van der Waals surface area contributed by atoms with Gasteiger partial charge in [0.15, 0.2) is 0 Å². The van der Waals surface area contributed by atoms with E-state index >= 15 is 0 Å². The minimum absolute atomic E-state index is 0.424. The highest BCUT2D eigenvalue weighted by Gasteiger charge is 2.41. The van der Waals surface area contributed by atoms with Crippen molar-refractivity contribution in [3.63, 3.8) is 0 Å². The third-order valence-corrected chi connectivity index (χ3v) is 3.38. The highest BCUT2D eigenvalue weighted by atomic mass is 14.5. The summed E-state index contributed by atoms with van der Waals surface area (Å²) in [5, 5.41) is 0. The largest absolute Gasteiger partial charge is 0.0877 e. The molecule has 0 N–H and O–H groups in total. The van der Waals surface area contributed by atoms with Gasteiger partial charge in [0, 0.05) is 0 Å². The summed E-state index contributed by atoms with van der Waals surface area (Å²) in [6.07, 6.45) is 5.98. The van der Waals surface area contributed by atoms with Gasteiger partial charge in [-0.25, -0.2) is 0 Å². The SMILES string of the molecule is CC1C=CCC(C)(C)C1C(C)(C)C. The quantitative estimate of drug-likeness (QED) is 0.488. The molecule has 0 aromatic carbocycles. The van der Waals surface area contributed by atoms with E-state index in [1.807, 2.05) is 0 Å². The Morgan fingerprint density at radius 3 is 2.08 bits per heavy atom. The molecule has 2 unspecified atom stereocenters. The normalized spacial score (nSPS) is 33.4. The first-order chi connectivity index (χ1) is 5.75. The Balaban J connectivity index is 2.97. The molecule has 0 aliphatic heterocycles. The third kappa shape index (κ3) is 2.15. The lowest BCUT2D eigenvalue weighted by Gasteiger charge is -2.47. The van der Waals surface area contributed by atoms with Crippen LogP contribution in [0.2, 0.25) is 0 Å². The summed E-state index contributed by atoms with van der Waals surface area (Å²) >= 11 is 0. The highest BCUT2D eigenvalue weighted by Crippen LogP contribution is 2.49. The van der Waals surface area contributed by atoms with E-state index in [0.717, 1.165) is 11.8 Å². The van der Waals surface area contributed by atoms with Crippen LogP contribution in [0.1, 0.15) is 48.0 Å². The van der Waals surface area contributed by atoms with Crippen molar-refractivity contribution in [1.82, 2.24) is 0 Å². The zero-order valence-corrected chi connectivity index (χ0v) is 10.0. The monoisotopic (exact) mass is 180 g/mol. The van der Waals surface area contributed by atoms with Gasteiger partial charge in [0.05, 0.1) is 0 Å². The van der Waals surface area contributed by atoms with Crippen molar-refractivity contribution in [2.45, 2.75) is 48.0 Å². The van der Waals surface area contributed by atoms with E-state index in [4.69, 9.17) is 0 Å². The van der Waals surface area contributed by atoms with Crippen LogP contribution in [0.4, 0.5) is 0 Å². The van der Waals surface area contributed by atoms with Crippen LogP contribution in [0.5, 0.6) is 0 Å². The van der Waals surface area contributed by atoms with E-state index in [1.165, 1.54) is 6.42 Å². The Hall–Kier alpha value is -0.260. The van der Waals surface area contributed by atoms with Crippen LogP contribution in [0.3, 0.4) is 0 Å². The molecule has 0 saturated heterocycles. The van der Waals surface area contributed by atoms with Gasteiger partial charge in [0.2, 0.25) is 0 Å². The zero-order valence-electron chi connectivity index (χ0n) is 10.0. The standard InChI is InChI=1S/C13H24/c1-10-8-7-9-13(5,6)11(10)12(2,3)4/h7-8,10-11H,9H2,1-6H3. The lowest BCUT2D eigenvalue weighted by atomic mass is 9.57. The summed E-state index contributed by atoms with van der Waals surface area (Å²) in [6, 6.07) is 0. The lowest BCUT2D eigenvalue weighted by Crippen LogP contribution is -2.40. The summed E-state index contributed by atoms with van der Waals surface area (Å²) in [5.74, 6) is 1.52. The van der Waals surface area contributed by atoms with Gasteiger partial charge >= 0.3 is 0 Å². The topological polar surface area (TPSA) is 0 Å². The Morgan fingerprint density at radius 2 is 1.77 bits per heavy atom. The van der Waals surface area contributed by atoms with Crippen LogP contribution < -0.4 is 0 Å². The van der Waals surface area contributed by atoms with E-state index in [9.17, 15) is 0 Å². The van der Waals surface area contributed by atoms with Crippen molar-refractivity contribution in [2.75, 3.05) is 0 Å². The molecule has 0 radical (unpaired) electrons.